The summed E-state index contributed by atoms with van der Waals surface area (Å²) < 4.78 is 4.48. The van der Waals surface area contributed by atoms with Crippen molar-refractivity contribution in [2.75, 3.05) is 24.7 Å². The Bertz CT molecular complexity index is 339. The maximum absolute atomic E-state index is 10.8. The van der Waals surface area contributed by atoms with Gasteiger partial charge in [-0.05, 0) is 18.6 Å². The molecule has 0 bridgehead atoms. The van der Waals surface area contributed by atoms with Gasteiger partial charge in [0.25, 0.3) is 0 Å². The fourth-order valence-corrected chi connectivity index (χ4v) is 1.01. The zero-order valence-electron chi connectivity index (χ0n) is 8.20. The minimum absolute atomic E-state index is 0.105. The van der Waals surface area contributed by atoms with E-state index >= 15 is 0 Å². The van der Waals surface area contributed by atoms with E-state index in [0.717, 1.165) is 5.56 Å². The van der Waals surface area contributed by atoms with Gasteiger partial charge in [0, 0.05) is 0 Å². The van der Waals surface area contributed by atoms with Crippen LogP contribution >= 0.6 is 0 Å². The molecule has 14 heavy (non-hydrogen) atoms. The molecule has 5 heteroatoms. The standard InChI is InChI=1S/C9H13N3O2/c1-6-3-7(10)4-11-9(6)12-5-8(13)14-2/h3-4H,5,10H2,1-2H3,(H,11,12). The summed E-state index contributed by atoms with van der Waals surface area (Å²) in [5, 5.41) is 2.85. The Kier molecular flexibility index (Phi) is 3.28. The van der Waals surface area contributed by atoms with Crippen LogP contribution in [0.3, 0.4) is 0 Å². The van der Waals surface area contributed by atoms with Crippen LogP contribution in [0.2, 0.25) is 0 Å². The van der Waals surface area contributed by atoms with E-state index in [2.05, 4.69) is 15.0 Å². The molecule has 1 aromatic rings. The molecular formula is C9H13N3O2. The van der Waals surface area contributed by atoms with Crippen LogP contribution in [0.5, 0.6) is 0 Å². The second kappa shape index (κ2) is 4.45. The Hall–Kier alpha value is -1.78. The second-order valence-corrected chi connectivity index (χ2v) is 2.86. The maximum atomic E-state index is 10.8. The largest absolute Gasteiger partial charge is 0.468 e. The van der Waals surface area contributed by atoms with Gasteiger partial charge in [-0.3, -0.25) is 4.79 Å². The Morgan fingerprint density at radius 3 is 3.00 bits per heavy atom. The summed E-state index contributed by atoms with van der Waals surface area (Å²) >= 11 is 0. The van der Waals surface area contributed by atoms with E-state index in [4.69, 9.17) is 5.73 Å². The van der Waals surface area contributed by atoms with E-state index in [9.17, 15) is 4.79 Å². The fourth-order valence-electron chi connectivity index (χ4n) is 1.01. The summed E-state index contributed by atoms with van der Waals surface area (Å²) in [5.74, 6) is 0.313. The number of nitrogens with one attached hydrogen (secondary N) is 1. The van der Waals surface area contributed by atoms with Gasteiger partial charge >= 0.3 is 5.97 Å². The van der Waals surface area contributed by atoms with Crippen LogP contribution in [0, 0.1) is 6.92 Å². The molecule has 0 saturated heterocycles. The number of carbonyl (C=O) groups excluding carboxylic acids is 1. The Morgan fingerprint density at radius 2 is 2.43 bits per heavy atom. The van der Waals surface area contributed by atoms with Gasteiger partial charge in [0.05, 0.1) is 19.0 Å². The quantitative estimate of drug-likeness (QED) is 0.689. The Balaban J connectivity index is 2.63. The summed E-state index contributed by atoms with van der Waals surface area (Å²) in [4.78, 5) is 14.9. The van der Waals surface area contributed by atoms with E-state index in [0.29, 0.717) is 11.5 Å². The summed E-state index contributed by atoms with van der Waals surface area (Å²) in [6.07, 6.45) is 1.53. The zero-order valence-corrected chi connectivity index (χ0v) is 8.20. The van der Waals surface area contributed by atoms with Gasteiger partial charge in [-0.2, -0.15) is 0 Å². The number of rotatable bonds is 3. The van der Waals surface area contributed by atoms with E-state index < -0.39 is 0 Å². The highest BCUT2D eigenvalue weighted by Gasteiger charge is 2.03. The number of hydrogen-bond acceptors (Lipinski definition) is 5. The molecule has 76 valence electrons. The van der Waals surface area contributed by atoms with Crippen LogP contribution in [-0.2, 0) is 9.53 Å². The highest BCUT2D eigenvalue weighted by atomic mass is 16.5. The van der Waals surface area contributed by atoms with Crippen molar-refractivity contribution >= 4 is 17.5 Å². The molecule has 3 N–H and O–H groups in total. The molecule has 5 nitrogen and oxygen atoms in total. The molecular weight excluding hydrogens is 182 g/mol. The molecule has 0 aromatic carbocycles. The van der Waals surface area contributed by atoms with Crippen molar-refractivity contribution in [1.82, 2.24) is 4.98 Å². The summed E-state index contributed by atoms with van der Waals surface area (Å²) in [7, 11) is 1.34. The summed E-state index contributed by atoms with van der Waals surface area (Å²) in [5.41, 5.74) is 7.03. The smallest absolute Gasteiger partial charge is 0.325 e. The van der Waals surface area contributed by atoms with Gasteiger partial charge in [0.1, 0.15) is 12.4 Å². The Labute approximate surface area is 82.3 Å². The van der Waals surface area contributed by atoms with Crippen molar-refractivity contribution in [2.24, 2.45) is 0 Å². The first kappa shape index (κ1) is 10.3. The number of pyridine rings is 1. The van der Waals surface area contributed by atoms with Gasteiger partial charge in [-0.25, -0.2) is 4.98 Å². The number of esters is 1. The number of hydrogen-bond donors (Lipinski definition) is 2. The molecule has 0 spiro atoms. The van der Waals surface area contributed by atoms with Crippen molar-refractivity contribution in [1.29, 1.82) is 0 Å². The summed E-state index contributed by atoms with van der Waals surface area (Å²) in [6.45, 7) is 1.97. The van der Waals surface area contributed by atoms with Crippen molar-refractivity contribution in [3.8, 4) is 0 Å². The van der Waals surface area contributed by atoms with Crippen LogP contribution in [0.1, 0.15) is 5.56 Å². The number of nitrogens with two attached hydrogens (primary N) is 1. The lowest BCUT2D eigenvalue weighted by Gasteiger charge is -2.07. The lowest BCUT2D eigenvalue weighted by atomic mass is 10.2. The van der Waals surface area contributed by atoms with E-state index in [1.807, 2.05) is 6.92 Å². The van der Waals surface area contributed by atoms with E-state index in [1.165, 1.54) is 13.3 Å². The monoisotopic (exact) mass is 195 g/mol. The van der Waals surface area contributed by atoms with Crippen molar-refractivity contribution < 1.29 is 9.53 Å². The molecule has 0 amide bonds. The molecule has 0 aliphatic rings. The first-order valence-electron chi connectivity index (χ1n) is 4.16. The van der Waals surface area contributed by atoms with Gasteiger partial charge in [0.2, 0.25) is 0 Å². The third kappa shape index (κ3) is 2.62. The number of aryl methyl sites for hydroxylation is 1. The Morgan fingerprint density at radius 1 is 1.71 bits per heavy atom. The van der Waals surface area contributed by atoms with Crippen LogP contribution in [0.25, 0.3) is 0 Å². The third-order valence-electron chi connectivity index (χ3n) is 1.73. The van der Waals surface area contributed by atoms with Gasteiger partial charge < -0.3 is 15.8 Å². The number of nitrogen functional groups attached to an aromatic ring is 1. The predicted octanol–water partition coefficient (Wildman–Crippen LogP) is 0.557. The maximum Gasteiger partial charge on any atom is 0.325 e. The number of ether oxygens (including phenoxy) is 1. The summed E-state index contributed by atoms with van der Waals surface area (Å²) in [6, 6.07) is 1.78. The van der Waals surface area contributed by atoms with Crippen LogP contribution in [0.4, 0.5) is 11.5 Å². The molecule has 1 rings (SSSR count). The average Bonchev–Trinajstić information content (AvgIpc) is 2.16. The molecule has 0 fully saturated rings. The molecule has 0 unspecified atom stereocenters. The molecule has 1 heterocycles. The van der Waals surface area contributed by atoms with Crippen molar-refractivity contribution in [3.05, 3.63) is 17.8 Å². The predicted molar refractivity (Wildman–Crippen MR) is 53.9 cm³/mol. The van der Waals surface area contributed by atoms with Gasteiger partial charge in [-0.1, -0.05) is 0 Å². The molecule has 0 aliphatic heterocycles. The third-order valence-corrected chi connectivity index (χ3v) is 1.73. The van der Waals surface area contributed by atoms with Gasteiger partial charge in [-0.15, -0.1) is 0 Å². The highest BCUT2D eigenvalue weighted by Crippen LogP contribution is 2.13. The van der Waals surface area contributed by atoms with Crippen LogP contribution < -0.4 is 11.1 Å². The first-order chi connectivity index (χ1) is 6.63. The minimum atomic E-state index is -0.331. The number of anilines is 2. The lowest BCUT2D eigenvalue weighted by Crippen LogP contribution is -2.16. The van der Waals surface area contributed by atoms with Crippen molar-refractivity contribution in [3.63, 3.8) is 0 Å². The van der Waals surface area contributed by atoms with Crippen LogP contribution in [-0.4, -0.2) is 24.6 Å². The molecule has 1 aromatic heterocycles. The number of aromatic nitrogens is 1. The molecule has 0 aliphatic carbocycles. The molecule has 0 atom stereocenters. The fraction of sp³-hybridized carbons (Fsp3) is 0.333. The van der Waals surface area contributed by atoms with E-state index in [1.54, 1.807) is 6.07 Å². The second-order valence-electron chi connectivity index (χ2n) is 2.86. The molecule has 0 radical (unpaired) electrons. The average molecular weight is 195 g/mol. The normalized spacial score (nSPS) is 9.57. The van der Waals surface area contributed by atoms with Crippen molar-refractivity contribution in [2.45, 2.75) is 6.92 Å². The van der Waals surface area contributed by atoms with E-state index in [-0.39, 0.29) is 12.5 Å². The van der Waals surface area contributed by atoms with Crippen LogP contribution in [0.15, 0.2) is 12.3 Å². The van der Waals surface area contributed by atoms with Gasteiger partial charge in [0.15, 0.2) is 0 Å². The topological polar surface area (TPSA) is 77.2 Å². The SMILES string of the molecule is COC(=O)CNc1ncc(N)cc1C. The number of carbonyl (C=O) groups is 1. The first-order valence-corrected chi connectivity index (χ1v) is 4.16. The number of nitrogens with zero attached hydrogens (tertiary/aromatic N) is 1. The molecule has 0 saturated carbocycles. The number of methoxy groups -OCH3 is 1. The highest BCUT2D eigenvalue weighted by molar-refractivity contribution is 5.74. The zero-order chi connectivity index (χ0) is 10.6. The lowest BCUT2D eigenvalue weighted by molar-refractivity contribution is -0.138. The minimum Gasteiger partial charge on any atom is -0.468 e.